The first kappa shape index (κ1) is 20.4. The van der Waals surface area contributed by atoms with E-state index in [1.807, 2.05) is 31.2 Å². The SMILES string of the molecule is CCc1cccc(NC(=O)CCC(=O)NC(C)CCN2CCOCC2)c1. The second kappa shape index (κ2) is 10.9. The van der Waals surface area contributed by atoms with E-state index in [-0.39, 0.29) is 30.7 Å². The Morgan fingerprint density at radius 1 is 1.19 bits per heavy atom. The fourth-order valence-electron chi connectivity index (χ4n) is 2.94. The lowest BCUT2D eigenvalue weighted by molar-refractivity contribution is -0.124. The minimum atomic E-state index is -0.130. The van der Waals surface area contributed by atoms with Crippen LogP contribution in [0.3, 0.4) is 0 Å². The minimum Gasteiger partial charge on any atom is -0.379 e. The number of nitrogens with zero attached hydrogens (tertiary/aromatic N) is 1. The third-order valence-corrected chi connectivity index (χ3v) is 4.59. The predicted octanol–water partition coefficient (Wildman–Crippen LogP) is 2.19. The van der Waals surface area contributed by atoms with Crippen LogP contribution in [-0.4, -0.2) is 55.6 Å². The summed E-state index contributed by atoms with van der Waals surface area (Å²) < 4.78 is 5.33. The molecular formula is C20H31N3O3. The number of amides is 2. The molecule has 26 heavy (non-hydrogen) atoms. The third-order valence-electron chi connectivity index (χ3n) is 4.59. The van der Waals surface area contributed by atoms with Crippen LogP contribution in [-0.2, 0) is 20.7 Å². The van der Waals surface area contributed by atoms with Crippen LogP contribution in [0.1, 0.15) is 38.7 Å². The van der Waals surface area contributed by atoms with Crippen LogP contribution in [0, 0.1) is 0 Å². The fraction of sp³-hybridized carbons (Fsp3) is 0.600. The van der Waals surface area contributed by atoms with Gasteiger partial charge in [-0.05, 0) is 37.5 Å². The van der Waals surface area contributed by atoms with Crippen molar-refractivity contribution < 1.29 is 14.3 Å². The molecule has 0 aliphatic carbocycles. The van der Waals surface area contributed by atoms with E-state index in [0.717, 1.165) is 51.4 Å². The number of ether oxygens (including phenoxy) is 1. The summed E-state index contributed by atoms with van der Waals surface area (Å²) in [5, 5.41) is 5.84. The largest absolute Gasteiger partial charge is 0.379 e. The van der Waals surface area contributed by atoms with Gasteiger partial charge in [-0.25, -0.2) is 0 Å². The Morgan fingerprint density at radius 2 is 1.92 bits per heavy atom. The van der Waals surface area contributed by atoms with E-state index in [1.165, 1.54) is 5.56 Å². The summed E-state index contributed by atoms with van der Waals surface area (Å²) in [5.41, 5.74) is 1.96. The number of benzene rings is 1. The summed E-state index contributed by atoms with van der Waals surface area (Å²) >= 11 is 0. The van der Waals surface area contributed by atoms with Crippen LogP contribution >= 0.6 is 0 Å². The number of nitrogens with one attached hydrogen (secondary N) is 2. The zero-order valence-corrected chi connectivity index (χ0v) is 15.9. The van der Waals surface area contributed by atoms with Gasteiger partial charge in [0, 0.05) is 44.2 Å². The maximum atomic E-state index is 12.0. The first-order valence-electron chi connectivity index (χ1n) is 9.55. The Bertz CT molecular complexity index is 585. The number of hydrogen-bond acceptors (Lipinski definition) is 4. The lowest BCUT2D eigenvalue weighted by atomic mass is 10.1. The third kappa shape index (κ3) is 7.54. The van der Waals surface area contributed by atoms with Crippen molar-refractivity contribution in [3.8, 4) is 0 Å². The first-order chi connectivity index (χ1) is 12.6. The van der Waals surface area contributed by atoms with Gasteiger partial charge in [-0.2, -0.15) is 0 Å². The van der Waals surface area contributed by atoms with E-state index in [0.29, 0.717) is 0 Å². The lowest BCUT2D eigenvalue weighted by Gasteiger charge is -2.27. The summed E-state index contributed by atoms with van der Waals surface area (Å²) in [5.74, 6) is -0.202. The Balaban J connectivity index is 1.63. The van der Waals surface area contributed by atoms with E-state index >= 15 is 0 Å². The highest BCUT2D eigenvalue weighted by atomic mass is 16.5. The van der Waals surface area contributed by atoms with Crippen LogP contribution in [0.5, 0.6) is 0 Å². The van der Waals surface area contributed by atoms with Crippen molar-refractivity contribution in [3.05, 3.63) is 29.8 Å². The molecule has 1 fully saturated rings. The van der Waals surface area contributed by atoms with E-state index in [2.05, 4.69) is 22.5 Å². The Kier molecular flexibility index (Phi) is 8.58. The average molecular weight is 361 g/mol. The van der Waals surface area contributed by atoms with Gasteiger partial charge in [0.25, 0.3) is 0 Å². The van der Waals surface area contributed by atoms with E-state index < -0.39 is 0 Å². The molecule has 0 spiro atoms. The molecule has 2 rings (SSSR count). The van der Waals surface area contributed by atoms with Crippen LogP contribution < -0.4 is 10.6 Å². The molecule has 1 saturated heterocycles. The highest BCUT2D eigenvalue weighted by molar-refractivity contribution is 5.93. The van der Waals surface area contributed by atoms with Gasteiger partial charge in [-0.1, -0.05) is 19.1 Å². The van der Waals surface area contributed by atoms with Crippen molar-refractivity contribution in [2.45, 2.75) is 45.6 Å². The van der Waals surface area contributed by atoms with Crippen molar-refractivity contribution in [1.82, 2.24) is 10.2 Å². The molecule has 6 heteroatoms. The number of anilines is 1. The molecule has 2 N–H and O–H groups in total. The normalized spacial score (nSPS) is 16.1. The molecular weight excluding hydrogens is 330 g/mol. The maximum absolute atomic E-state index is 12.0. The number of rotatable bonds is 9. The van der Waals surface area contributed by atoms with Gasteiger partial charge in [0.2, 0.25) is 11.8 Å². The van der Waals surface area contributed by atoms with Gasteiger partial charge in [0.05, 0.1) is 13.2 Å². The highest BCUT2D eigenvalue weighted by Crippen LogP contribution is 2.11. The van der Waals surface area contributed by atoms with Gasteiger partial charge in [0.15, 0.2) is 0 Å². The van der Waals surface area contributed by atoms with Gasteiger partial charge in [-0.3, -0.25) is 14.5 Å². The minimum absolute atomic E-state index is 0.0723. The van der Waals surface area contributed by atoms with Crippen molar-refractivity contribution in [2.75, 3.05) is 38.2 Å². The van der Waals surface area contributed by atoms with Crippen molar-refractivity contribution in [3.63, 3.8) is 0 Å². The highest BCUT2D eigenvalue weighted by Gasteiger charge is 2.14. The summed E-state index contributed by atoms with van der Waals surface area (Å²) in [7, 11) is 0. The van der Waals surface area contributed by atoms with Crippen LogP contribution in [0.2, 0.25) is 0 Å². The molecule has 1 aromatic carbocycles. The van der Waals surface area contributed by atoms with E-state index in [9.17, 15) is 9.59 Å². The van der Waals surface area contributed by atoms with Crippen molar-refractivity contribution in [2.24, 2.45) is 0 Å². The Labute approximate surface area is 156 Å². The molecule has 1 aliphatic heterocycles. The Morgan fingerprint density at radius 3 is 2.65 bits per heavy atom. The summed E-state index contributed by atoms with van der Waals surface area (Å²) in [6, 6.07) is 7.89. The van der Waals surface area contributed by atoms with Crippen LogP contribution in [0.15, 0.2) is 24.3 Å². The van der Waals surface area contributed by atoms with Gasteiger partial charge < -0.3 is 15.4 Å². The lowest BCUT2D eigenvalue weighted by Crippen LogP contribution is -2.40. The van der Waals surface area contributed by atoms with Gasteiger partial charge in [-0.15, -0.1) is 0 Å². The molecule has 0 radical (unpaired) electrons. The number of morpholine rings is 1. The summed E-state index contributed by atoms with van der Waals surface area (Å²) in [4.78, 5) is 26.4. The number of hydrogen-bond donors (Lipinski definition) is 2. The molecule has 6 nitrogen and oxygen atoms in total. The molecule has 1 unspecified atom stereocenters. The molecule has 1 aliphatic rings. The summed E-state index contributed by atoms with van der Waals surface area (Å²) in [6.07, 6.45) is 2.23. The maximum Gasteiger partial charge on any atom is 0.224 e. The van der Waals surface area contributed by atoms with Crippen molar-refractivity contribution in [1.29, 1.82) is 0 Å². The zero-order valence-electron chi connectivity index (χ0n) is 15.9. The first-order valence-corrected chi connectivity index (χ1v) is 9.55. The average Bonchev–Trinajstić information content (AvgIpc) is 2.66. The van der Waals surface area contributed by atoms with Crippen LogP contribution in [0.25, 0.3) is 0 Å². The second-order valence-electron chi connectivity index (χ2n) is 6.81. The molecule has 1 aromatic rings. The Hall–Kier alpha value is -1.92. The molecule has 2 amide bonds. The molecule has 0 bridgehead atoms. The van der Waals surface area contributed by atoms with E-state index in [1.54, 1.807) is 0 Å². The smallest absolute Gasteiger partial charge is 0.224 e. The molecule has 1 atom stereocenters. The topological polar surface area (TPSA) is 70.7 Å². The zero-order chi connectivity index (χ0) is 18.8. The predicted molar refractivity (Wildman–Crippen MR) is 103 cm³/mol. The van der Waals surface area contributed by atoms with Crippen molar-refractivity contribution >= 4 is 17.5 Å². The van der Waals surface area contributed by atoms with Gasteiger partial charge in [0.1, 0.15) is 0 Å². The van der Waals surface area contributed by atoms with Gasteiger partial charge >= 0.3 is 0 Å². The number of carbonyl (C=O) groups is 2. The molecule has 0 aromatic heterocycles. The quantitative estimate of drug-likeness (QED) is 0.707. The molecule has 144 valence electrons. The monoisotopic (exact) mass is 361 g/mol. The standard InChI is InChI=1S/C20H31N3O3/c1-3-17-5-4-6-18(15-17)22-20(25)8-7-19(24)21-16(2)9-10-23-11-13-26-14-12-23/h4-6,15-16H,3,7-14H2,1-2H3,(H,21,24)(H,22,25). The van der Waals surface area contributed by atoms with Crippen LogP contribution in [0.4, 0.5) is 5.69 Å². The molecule has 0 saturated carbocycles. The second-order valence-corrected chi connectivity index (χ2v) is 6.81. The number of aryl methyl sites for hydroxylation is 1. The fourth-order valence-corrected chi connectivity index (χ4v) is 2.94. The molecule has 1 heterocycles. The number of carbonyl (C=O) groups excluding carboxylic acids is 2. The van der Waals surface area contributed by atoms with E-state index in [4.69, 9.17) is 4.74 Å². The summed E-state index contributed by atoms with van der Waals surface area (Å²) in [6.45, 7) is 8.54.